The Morgan fingerprint density at radius 1 is 1.32 bits per heavy atom. The smallest absolute Gasteiger partial charge is 0.259 e. The molecule has 6 nitrogen and oxygen atoms in total. The molecule has 0 N–H and O–H groups in total. The molecule has 1 aromatic carbocycles. The van der Waals surface area contributed by atoms with Crippen molar-refractivity contribution < 1.29 is 9.15 Å². The molecule has 3 aromatic rings. The maximum Gasteiger partial charge on any atom is 0.259 e. The van der Waals surface area contributed by atoms with E-state index in [2.05, 4.69) is 26.1 Å². The number of benzene rings is 1. The molecule has 0 unspecified atom stereocenters. The Hall–Kier alpha value is -2.25. The summed E-state index contributed by atoms with van der Waals surface area (Å²) in [5.74, 6) is 2.17. The van der Waals surface area contributed by atoms with Crippen molar-refractivity contribution in [2.75, 3.05) is 13.7 Å². The van der Waals surface area contributed by atoms with E-state index >= 15 is 0 Å². The summed E-state index contributed by atoms with van der Waals surface area (Å²) in [5.41, 5.74) is 3.91. The van der Waals surface area contributed by atoms with E-state index in [9.17, 15) is 0 Å². The molecule has 0 radical (unpaired) electrons. The van der Waals surface area contributed by atoms with Gasteiger partial charge in [0.2, 0.25) is 5.89 Å². The second-order valence-electron chi connectivity index (χ2n) is 6.15. The first kappa shape index (κ1) is 16.2. The summed E-state index contributed by atoms with van der Waals surface area (Å²) >= 11 is 1.53. The van der Waals surface area contributed by atoms with Gasteiger partial charge in [-0.1, -0.05) is 18.2 Å². The molecule has 3 heterocycles. The van der Waals surface area contributed by atoms with Crippen molar-refractivity contribution in [3.05, 3.63) is 46.9 Å². The van der Waals surface area contributed by atoms with E-state index in [1.54, 1.807) is 12.6 Å². The number of para-hydroxylation sites is 1. The molecule has 1 aliphatic rings. The van der Waals surface area contributed by atoms with Crippen molar-refractivity contribution in [1.82, 2.24) is 20.1 Å². The zero-order chi connectivity index (χ0) is 17.2. The number of hydrogen-bond donors (Lipinski definition) is 0. The van der Waals surface area contributed by atoms with Crippen molar-refractivity contribution in [2.45, 2.75) is 32.4 Å². The maximum atomic E-state index is 5.99. The Kier molecular flexibility index (Phi) is 4.50. The number of rotatable bonds is 5. The summed E-state index contributed by atoms with van der Waals surface area (Å²) < 4.78 is 11.5. The number of likely N-dealkylation sites (tertiary alicyclic amines) is 1. The van der Waals surface area contributed by atoms with Crippen molar-refractivity contribution in [3.8, 4) is 16.5 Å². The third kappa shape index (κ3) is 3.17. The van der Waals surface area contributed by atoms with E-state index < -0.39 is 0 Å². The molecule has 2 aromatic heterocycles. The number of nitrogens with zero attached hydrogens (tertiary/aromatic N) is 4. The lowest BCUT2D eigenvalue weighted by molar-refractivity contribution is 0.213. The van der Waals surface area contributed by atoms with Crippen molar-refractivity contribution >= 4 is 11.3 Å². The first-order valence-corrected chi connectivity index (χ1v) is 9.24. The van der Waals surface area contributed by atoms with Crippen LogP contribution in [0.4, 0.5) is 0 Å². The lowest BCUT2D eigenvalue weighted by Crippen LogP contribution is -2.23. The number of aryl methyl sites for hydroxylation is 1. The fourth-order valence-electron chi connectivity index (χ4n) is 3.32. The van der Waals surface area contributed by atoms with Gasteiger partial charge in [-0.05, 0) is 32.4 Å². The van der Waals surface area contributed by atoms with E-state index in [1.807, 2.05) is 25.1 Å². The van der Waals surface area contributed by atoms with Gasteiger partial charge < -0.3 is 9.15 Å². The van der Waals surface area contributed by atoms with Crippen LogP contribution in [-0.2, 0) is 6.54 Å². The van der Waals surface area contributed by atoms with Gasteiger partial charge in [0, 0.05) is 12.1 Å². The second kappa shape index (κ2) is 6.93. The molecule has 0 spiro atoms. The van der Waals surface area contributed by atoms with Gasteiger partial charge in [0.25, 0.3) is 5.89 Å². The van der Waals surface area contributed by atoms with Gasteiger partial charge in [0.1, 0.15) is 10.6 Å². The topological polar surface area (TPSA) is 64.3 Å². The standard InChI is InChI=1S/C18H20N4O2S/c1-12-16(25-11-19-12)18-21-20-17(24-18)14-7-5-9-22(14)10-13-6-3-4-8-15(13)23-2/h3-4,6,8,11,14H,5,7,9-10H2,1-2H3/t14-/m0/s1. The fraction of sp³-hybridized carbons (Fsp3) is 0.389. The van der Waals surface area contributed by atoms with Crippen LogP contribution in [0.2, 0.25) is 0 Å². The van der Waals surface area contributed by atoms with Crippen molar-refractivity contribution in [3.63, 3.8) is 0 Å². The summed E-state index contributed by atoms with van der Waals surface area (Å²) in [6.07, 6.45) is 2.15. The highest BCUT2D eigenvalue weighted by molar-refractivity contribution is 7.13. The zero-order valence-corrected chi connectivity index (χ0v) is 15.1. The summed E-state index contributed by atoms with van der Waals surface area (Å²) in [6.45, 7) is 3.78. The van der Waals surface area contributed by atoms with Crippen LogP contribution in [0.3, 0.4) is 0 Å². The predicted octanol–water partition coefficient (Wildman–Crippen LogP) is 3.85. The van der Waals surface area contributed by atoms with E-state index in [4.69, 9.17) is 9.15 Å². The van der Waals surface area contributed by atoms with E-state index in [-0.39, 0.29) is 6.04 Å². The van der Waals surface area contributed by atoms with Gasteiger partial charge >= 0.3 is 0 Å². The highest BCUT2D eigenvalue weighted by atomic mass is 32.1. The lowest BCUT2D eigenvalue weighted by atomic mass is 10.1. The minimum absolute atomic E-state index is 0.152. The molecule has 1 aliphatic heterocycles. The third-order valence-electron chi connectivity index (χ3n) is 4.60. The van der Waals surface area contributed by atoms with Crippen LogP contribution in [-0.4, -0.2) is 33.7 Å². The van der Waals surface area contributed by atoms with Crippen LogP contribution in [0.5, 0.6) is 5.75 Å². The summed E-state index contributed by atoms with van der Waals surface area (Å²) in [5, 5.41) is 8.56. The molecule has 1 saturated heterocycles. The molecule has 0 saturated carbocycles. The molecule has 7 heteroatoms. The van der Waals surface area contributed by atoms with Crippen LogP contribution in [0.15, 0.2) is 34.2 Å². The average Bonchev–Trinajstić information content (AvgIpc) is 3.35. The van der Waals surface area contributed by atoms with Gasteiger partial charge in [-0.25, -0.2) is 4.98 Å². The quantitative estimate of drug-likeness (QED) is 0.692. The van der Waals surface area contributed by atoms with Crippen LogP contribution >= 0.6 is 11.3 Å². The number of methoxy groups -OCH3 is 1. The first-order chi connectivity index (χ1) is 12.3. The van der Waals surface area contributed by atoms with Crippen LogP contribution in [0.25, 0.3) is 10.8 Å². The Morgan fingerprint density at radius 2 is 2.20 bits per heavy atom. The molecule has 4 rings (SSSR count). The molecule has 0 aliphatic carbocycles. The van der Waals surface area contributed by atoms with Gasteiger partial charge in [-0.3, -0.25) is 4.90 Å². The molecule has 1 fully saturated rings. The highest BCUT2D eigenvalue weighted by Gasteiger charge is 2.31. The molecule has 0 bridgehead atoms. The Balaban J connectivity index is 1.56. The number of hydrogen-bond acceptors (Lipinski definition) is 7. The third-order valence-corrected chi connectivity index (χ3v) is 5.51. The highest BCUT2D eigenvalue weighted by Crippen LogP contribution is 2.35. The first-order valence-electron chi connectivity index (χ1n) is 8.36. The Bertz CT molecular complexity index is 860. The van der Waals surface area contributed by atoms with Gasteiger partial charge in [-0.2, -0.15) is 0 Å². The summed E-state index contributed by atoms with van der Waals surface area (Å²) in [7, 11) is 1.71. The second-order valence-corrected chi connectivity index (χ2v) is 7.01. The minimum atomic E-state index is 0.152. The van der Waals surface area contributed by atoms with E-state index in [0.717, 1.165) is 42.3 Å². The average molecular weight is 356 g/mol. The molecular weight excluding hydrogens is 336 g/mol. The Morgan fingerprint density at radius 3 is 3.00 bits per heavy atom. The summed E-state index contributed by atoms with van der Waals surface area (Å²) in [4.78, 5) is 7.59. The molecule has 130 valence electrons. The largest absolute Gasteiger partial charge is 0.496 e. The van der Waals surface area contributed by atoms with E-state index in [1.165, 1.54) is 16.9 Å². The molecule has 25 heavy (non-hydrogen) atoms. The minimum Gasteiger partial charge on any atom is -0.496 e. The van der Waals surface area contributed by atoms with Crippen LogP contribution in [0.1, 0.15) is 36.0 Å². The summed E-state index contributed by atoms with van der Waals surface area (Å²) in [6, 6.07) is 8.29. The van der Waals surface area contributed by atoms with E-state index in [0.29, 0.717) is 11.8 Å². The van der Waals surface area contributed by atoms with Gasteiger partial charge in [0.05, 0.1) is 24.4 Å². The monoisotopic (exact) mass is 356 g/mol. The molecule has 0 amide bonds. The SMILES string of the molecule is COc1ccccc1CN1CCC[C@H]1c1nnc(-c2scnc2C)o1. The molecular formula is C18H20N4O2S. The van der Waals surface area contributed by atoms with Crippen LogP contribution < -0.4 is 4.74 Å². The number of aromatic nitrogens is 3. The number of thiazole rings is 1. The number of ether oxygens (including phenoxy) is 1. The lowest BCUT2D eigenvalue weighted by Gasteiger charge is -2.22. The van der Waals surface area contributed by atoms with Crippen LogP contribution in [0, 0.1) is 6.92 Å². The van der Waals surface area contributed by atoms with Crippen molar-refractivity contribution in [2.24, 2.45) is 0 Å². The zero-order valence-electron chi connectivity index (χ0n) is 14.3. The maximum absolute atomic E-state index is 5.99. The fourth-order valence-corrected chi connectivity index (χ4v) is 4.04. The van der Waals surface area contributed by atoms with Gasteiger partial charge in [-0.15, -0.1) is 21.5 Å². The predicted molar refractivity (Wildman–Crippen MR) is 95.5 cm³/mol. The van der Waals surface area contributed by atoms with Crippen molar-refractivity contribution in [1.29, 1.82) is 0 Å². The normalized spacial score (nSPS) is 17.9. The molecule has 1 atom stereocenters. The Labute approximate surface area is 150 Å². The van der Waals surface area contributed by atoms with Gasteiger partial charge in [0.15, 0.2) is 0 Å².